The minimum atomic E-state index is -5.00. The van der Waals surface area contributed by atoms with Gasteiger partial charge in [-0.25, -0.2) is 9.59 Å². The zero-order chi connectivity index (χ0) is 25.6. The first-order chi connectivity index (χ1) is 16.6. The van der Waals surface area contributed by atoms with Crippen LogP contribution in [-0.2, 0) is 14.3 Å². The highest BCUT2D eigenvalue weighted by molar-refractivity contribution is 7.98. The monoisotopic (exact) mass is 510 g/mol. The van der Waals surface area contributed by atoms with Crippen molar-refractivity contribution in [1.82, 2.24) is 10.6 Å². The largest absolute Gasteiger partial charge is 0.480 e. The van der Waals surface area contributed by atoms with Crippen molar-refractivity contribution < 1.29 is 37.4 Å². The normalized spacial score (nSPS) is 14.4. The number of halogens is 3. The number of hydrogen-bond acceptors (Lipinski definition) is 5. The smallest absolute Gasteiger partial charge is 0.407 e. The maximum Gasteiger partial charge on any atom is 0.407 e. The fraction of sp³-hybridized carbons (Fsp3) is 0.375. The van der Waals surface area contributed by atoms with Gasteiger partial charge in [0.05, 0.1) is 0 Å². The van der Waals surface area contributed by atoms with Crippen molar-refractivity contribution in [3.05, 3.63) is 59.7 Å². The molecule has 3 rings (SSSR count). The van der Waals surface area contributed by atoms with E-state index in [0.717, 1.165) is 22.3 Å². The molecule has 7 nitrogen and oxygen atoms in total. The molecule has 1 aliphatic carbocycles. The predicted octanol–water partition coefficient (Wildman–Crippen LogP) is 4.03. The number of amides is 2. The third-order valence-electron chi connectivity index (χ3n) is 5.73. The van der Waals surface area contributed by atoms with Crippen molar-refractivity contribution in [2.45, 2.75) is 24.6 Å². The lowest BCUT2D eigenvalue weighted by Crippen LogP contribution is -2.51. The summed E-state index contributed by atoms with van der Waals surface area (Å²) in [5.74, 6) is -5.52. The van der Waals surface area contributed by atoms with Crippen molar-refractivity contribution in [3.8, 4) is 11.1 Å². The molecule has 1 aliphatic rings. The number of carboxylic acids is 1. The molecule has 11 heteroatoms. The van der Waals surface area contributed by atoms with Gasteiger partial charge < -0.3 is 20.5 Å². The zero-order valence-corrected chi connectivity index (χ0v) is 19.6. The van der Waals surface area contributed by atoms with Crippen molar-refractivity contribution in [2.75, 3.05) is 25.2 Å². The van der Waals surface area contributed by atoms with E-state index in [1.807, 2.05) is 59.2 Å². The molecule has 0 bridgehead atoms. The van der Waals surface area contributed by atoms with E-state index >= 15 is 0 Å². The molecule has 35 heavy (non-hydrogen) atoms. The van der Waals surface area contributed by atoms with Crippen LogP contribution in [0.1, 0.15) is 23.5 Å². The molecule has 0 saturated carbocycles. The number of carboxylic acid groups (broad SMARTS) is 1. The van der Waals surface area contributed by atoms with Crippen molar-refractivity contribution in [3.63, 3.8) is 0 Å². The number of carbonyl (C=O) groups is 3. The summed E-state index contributed by atoms with van der Waals surface area (Å²) in [5.41, 5.74) is 3.89. The maximum atomic E-state index is 13.5. The first-order valence-corrected chi connectivity index (χ1v) is 12.2. The number of benzene rings is 2. The number of alkyl halides is 3. The maximum absolute atomic E-state index is 13.5. The molecular weight excluding hydrogens is 485 g/mol. The van der Waals surface area contributed by atoms with Gasteiger partial charge in [0.15, 0.2) is 5.92 Å². The standard InChI is InChI=1S/C24H25F3N2O5S/c1-35-11-10-20(22(31)32)29-21(30)19(24(25,26)27)12-28-23(33)34-13-18-16-8-4-2-6-14(16)15-7-3-5-9-17(15)18/h2-9,18-20H,10-13H2,1H3,(H,28,33)(H,29,30)(H,31,32). The number of ether oxygens (including phenoxy) is 1. The van der Waals surface area contributed by atoms with Crippen LogP contribution in [0.2, 0.25) is 0 Å². The average molecular weight is 511 g/mol. The summed E-state index contributed by atoms with van der Waals surface area (Å²) in [4.78, 5) is 35.7. The number of hydrogen-bond donors (Lipinski definition) is 3. The van der Waals surface area contributed by atoms with Gasteiger partial charge >= 0.3 is 18.2 Å². The van der Waals surface area contributed by atoms with Crippen LogP contribution in [0.3, 0.4) is 0 Å². The number of carbonyl (C=O) groups excluding carboxylic acids is 2. The second-order valence-electron chi connectivity index (χ2n) is 7.98. The van der Waals surface area contributed by atoms with Crippen LogP contribution >= 0.6 is 11.8 Å². The molecule has 0 radical (unpaired) electrons. The number of fused-ring (bicyclic) bond motifs is 3. The Balaban J connectivity index is 1.61. The predicted molar refractivity (Wildman–Crippen MR) is 125 cm³/mol. The average Bonchev–Trinajstić information content (AvgIpc) is 3.13. The molecule has 2 amide bonds. The van der Waals surface area contributed by atoms with E-state index in [2.05, 4.69) is 0 Å². The second-order valence-corrected chi connectivity index (χ2v) is 8.97. The van der Waals surface area contributed by atoms with Crippen molar-refractivity contribution >= 4 is 29.7 Å². The van der Waals surface area contributed by atoms with Gasteiger partial charge in [-0.3, -0.25) is 4.79 Å². The van der Waals surface area contributed by atoms with Crippen LogP contribution in [0, 0.1) is 5.92 Å². The van der Waals surface area contributed by atoms with E-state index < -0.39 is 42.7 Å². The summed E-state index contributed by atoms with van der Waals surface area (Å²) >= 11 is 1.30. The topological polar surface area (TPSA) is 105 Å². The highest BCUT2D eigenvalue weighted by Crippen LogP contribution is 2.44. The van der Waals surface area contributed by atoms with Gasteiger partial charge in [-0.1, -0.05) is 48.5 Å². The van der Waals surface area contributed by atoms with E-state index in [-0.39, 0.29) is 18.9 Å². The van der Waals surface area contributed by atoms with E-state index in [1.165, 1.54) is 11.8 Å². The number of rotatable bonds is 10. The Bertz CT molecular complexity index is 1030. The molecule has 188 valence electrons. The molecule has 0 spiro atoms. The van der Waals surface area contributed by atoms with Crippen molar-refractivity contribution in [1.29, 1.82) is 0 Å². The Morgan fingerprint density at radius 1 is 1.06 bits per heavy atom. The lowest BCUT2D eigenvalue weighted by atomic mass is 9.98. The van der Waals surface area contributed by atoms with Gasteiger partial charge in [0.2, 0.25) is 5.91 Å². The Morgan fingerprint density at radius 2 is 1.63 bits per heavy atom. The Hall–Kier alpha value is -3.21. The quantitative estimate of drug-likeness (QED) is 0.446. The summed E-state index contributed by atoms with van der Waals surface area (Å²) in [6.45, 7) is -1.18. The van der Waals surface area contributed by atoms with Crippen LogP contribution in [0.15, 0.2) is 48.5 Å². The minimum absolute atomic E-state index is 0.0351. The zero-order valence-electron chi connectivity index (χ0n) is 18.8. The van der Waals surface area contributed by atoms with E-state index in [4.69, 9.17) is 9.84 Å². The van der Waals surface area contributed by atoms with Crippen LogP contribution in [0.4, 0.5) is 18.0 Å². The lowest BCUT2D eigenvalue weighted by Gasteiger charge is -2.22. The molecule has 2 unspecified atom stereocenters. The third kappa shape index (κ3) is 6.47. The molecule has 0 saturated heterocycles. The SMILES string of the molecule is CSCCC(NC(=O)C(CNC(=O)OCC1c2ccccc2-c2ccccc21)C(F)(F)F)C(=O)O. The summed E-state index contributed by atoms with van der Waals surface area (Å²) in [5, 5.41) is 13.1. The van der Waals surface area contributed by atoms with E-state index in [0.29, 0.717) is 5.75 Å². The molecule has 0 aromatic heterocycles. The highest BCUT2D eigenvalue weighted by Gasteiger charge is 2.46. The fourth-order valence-electron chi connectivity index (χ4n) is 3.96. The van der Waals surface area contributed by atoms with Gasteiger partial charge in [-0.05, 0) is 40.7 Å². The van der Waals surface area contributed by atoms with Crippen LogP contribution < -0.4 is 10.6 Å². The molecule has 2 aromatic carbocycles. The second kappa shape index (κ2) is 11.5. The molecule has 0 fully saturated rings. The molecule has 2 atom stereocenters. The Labute approximate surface area is 204 Å². The Kier molecular flexibility index (Phi) is 8.66. The lowest BCUT2D eigenvalue weighted by molar-refractivity contribution is -0.182. The molecule has 3 N–H and O–H groups in total. The molecule has 0 heterocycles. The molecule has 0 aliphatic heterocycles. The number of aliphatic carboxylic acids is 1. The van der Waals surface area contributed by atoms with Gasteiger partial charge in [0.25, 0.3) is 0 Å². The first kappa shape index (κ1) is 26.4. The van der Waals surface area contributed by atoms with Crippen molar-refractivity contribution in [2.24, 2.45) is 5.92 Å². The minimum Gasteiger partial charge on any atom is -0.480 e. The van der Waals surface area contributed by atoms with E-state index in [9.17, 15) is 27.6 Å². The molecular formula is C24H25F3N2O5S. The number of alkyl carbamates (subject to hydrolysis) is 1. The highest BCUT2D eigenvalue weighted by atomic mass is 32.2. The fourth-order valence-corrected chi connectivity index (χ4v) is 4.43. The van der Waals surface area contributed by atoms with Gasteiger partial charge in [0, 0.05) is 12.5 Å². The van der Waals surface area contributed by atoms with Crippen LogP contribution in [0.5, 0.6) is 0 Å². The Morgan fingerprint density at radius 3 is 2.14 bits per heavy atom. The van der Waals surface area contributed by atoms with Gasteiger partial charge in [-0.15, -0.1) is 0 Å². The van der Waals surface area contributed by atoms with Crippen LogP contribution in [-0.4, -0.2) is 60.5 Å². The number of nitrogens with one attached hydrogen (secondary N) is 2. The van der Waals surface area contributed by atoms with Gasteiger partial charge in [-0.2, -0.15) is 24.9 Å². The summed E-state index contributed by atoms with van der Waals surface area (Å²) in [6, 6.07) is 13.7. The van der Waals surface area contributed by atoms with E-state index in [1.54, 1.807) is 6.26 Å². The third-order valence-corrected chi connectivity index (χ3v) is 6.37. The van der Waals surface area contributed by atoms with Gasteiger partial charge in [0.1, 0.15) is 12.6 Å². The summed E-state index contributed by atoms with van der Waals surface area (Å²) in [7, 11) is 0. The summed E-state index contributed by atoms with van der Waals surface area (Å²) < 4.78 is 45.7. The number of thioether (sulfide) groups is 1. The molecule has 2 aromatic rings. The van der Waals surface area contributed by atoms with Crippen LogP contribution in [0.25, 0.3) is 11.1 Å². The first-order valence-electron chi connectivity index (χ1n) is 10.8. The summed E-state index contributed by atoms with van der Waals surface area (Å²) in [6.07, 6.45) is -4.43.